The topological polar surface area (TPSA) is 66.7 Å². The number of H-pyrrole nitrogens is 1. The van der Waals surface area contributed by atoms with E-state index < -0.39 is 0 Å². The number of nitrogens with one attached hydrogen (secondary N) is 2. The molecule has 0 saturated heterocycles. The van der Waals surface area contributed by atoms with Crippen molar-refractivity contribution in [3.63, 3.8) is 0 Å². The van der Waals surface area contributed by atoms with Crippen molar-refractivity contribution in [2.24, 2.45) is 0 Å². The number of anilines is 1. The minimum Gasteiger partial charge on any atom is -0.382 e. The molecule has 2 aromatic rings. The van der Waals surface area contributed by atoms with Crippen molar-refractivity contribution in [2.75, 3.05) is 5.73 Å². The van der Waals surface area contributed by atoms with Crippen LogP contribution in [0.25, 0.3) is 0 Å². The molecule has 1 aromatic carbocycles. The molecule has 0 aliphatic carbocycles. The summed E-state index contributed by atoms with van der Waals surface area (Å²) in [7, 11) is 0. The van der Waals surface area contributed by atoms with Crippen molar-refractivity contribution >= 4 is 5.82 Å². The van der Waals surface area contributed by atoms with E-state index in [2.05, 4.69) is 39.8 Å². The molecule has 0 amide bonds. The first kappa shape index (κ1) is 9.42. The highest BCUT2D eigenvalue weighted by molar-refractivity contribution is 5.34. The molecule has 3 rings (SSSR count). The molecule has 1 aliphatic heterocycles. The molecule has 0 fully saturated rings. The summed E-state index contributed by atoms with van der Waals surface area (Å²) in [6, 6.07) is 10.7. The molecular formula is C12H14N4. The summed E-state index contributed by atoms with van der Waals surface area (Å²) in [6.07, 6.45) is 0.984. The number of nitrogen functional groups attached to an aromatic ring is 1. The van der Waals surface area contributed by atoms with E-state index in [4.69, 9.17) is 5.73 Å². The van der Waals surface area contributed by atoms with E-state index in [1.54, 1.807) is 0 Å². The Morgan fingerprint density at radius 3 is 2.81 bits per heavy atom. The fourth-order valence-corrected chi connectivity index (χ4v) is 2.21. The minimum absolute atomic E-state index is 0.291. The highest BCUT2D eigenvalue weighted by Gasteiger charge is 2.20. The number of nitrogens with zero attached hydrogens (tertiary/aromatic N) is 1. The average Bonchev–Trinajstić information content (AvgIpc) is 2.75. The van der Waals surface area contributed by atoms with E-state index in [0.717, 1.165) is 18.7 Å². The largest absolute Gasteiger partial charge is 0.382 e. The van der Waals surface area contributed by atoms with Gasteiger partial charge in [0.25, 0.3) is 0 Å². The molecule has 1 aromatic heterocycles. The predicted octanol–water partition coefficient (Wildman–Crippen LogP) is 1.38. The summed E-state index contributed by atoms with van der Waals surface area (Å²) in [5.41, 5.74) is 9.45. The first-order valence-corrected chi connectivity index (χ1v) is 5.44. The number of hydrogen-bond acceptors (Lipinski definition) is 3. The van der Waals surface area contributed by atoms with Gasteiger partial charge in [0.1, 0.15) is 5.82 Å². The van der Waals surface area contributed by atoms with Crippen molar-refractivity contribution < 1.29 is 0 Å². The highest BCUT2D eigenvalue weighted by Crippen LogP contribution is 2.25. The number of nitrogens with two attached hydrogens (primary N) is 1. The quantitative estimate of drug-likeness (QED) is 0.671. The van der Waals surface area contributed by atoms with Gasteiger partial charge in [-0.1, -0.05) is 24.3 Å². The number of aromatic nitrogens is 2. The molecule has 0 spiro atoms. The Bertz CT molecular complexity index is 503. The lowest BCUT2D eigenvalue weighted by atomic mass is 9.94. The van der Waals surface area contributed by atoms with Gasteiger partial charge >= 0.3 is 0 Å². The summed E-state index contributed by atoms with van der Waals surface area (Å²) >= 11 is 0. The molecule has 0 bridgehead atoms. The molecule has 1 aliphatic rings. The number of rotatable bonds is 1. The lowest BCUT2D eigenvalue weighted by molar-refractivity contribution is 0.487. The van der Waals surface area contributed by atoms with Crippen molar-refractivity contribution in [1.82, 2.24) is 15.5 Å². The maximum absolute atomic E-state index is 5.61. The van der Waals surface area contributed by atoms with Gasteiger partial charge in [-0.05, 0) is 17.5 Å². The van der Waals surface area contributed by atoms with Crippen LogP contribution in [0.2, 0.25) is 0 Å². The van der Waals surface area contributed by atoms with Crippen LogP contribution >= 0.6 is 0 Å². The van der Waals surface area contributed by atoms with Crippen molar-refractivity contribution in [3.05, 3.63) is 47.2 Å². The first-order valence-electron chi connectivity index (χ1n) is 5.44. The zero-order chi connectivity index (χ0) is 11.0. The summed E-state index contributed by atoms with van der Waals surface area (Å²) < 4.78 is 0. The molecule has 82 valence electrons. The SMILES string of the molecule is Nc1cc([C@@H]2Cc3ccccc3CN2)[nH]n1. The number of aromatic amines is 1. The van der Waals surface area contributed by atoms with E-state index in [1.807, 2.05) is 6.07 Å². The smallest absolute Gasteiger partial charge is 0.145 e. The Morgan fingerprint density at radius 2 is 2.06 bits per heavy atom. The van der Waals surface area contributed by atoms with Gasteiger partial charge < -0.3 is 11.1 Å². The molecular weight excluding hydrogens is 200 g/mol. The Balaban J connectivity index is 1.88. The van der Waals surface area contributed by atoms with Crippen LogP contribution in [-0.4, -0.2) is 10.2 Å². The second-order valence-electron chi connectivity index (χ2n) is 4.15. The summed E-state index contributed by atoms with van der Waals surface area (Å²) in [5, 5.41) is 10.4. The standard InChI is InChI=1S/C12H14N4/c13-12-6-11(15-16-12)10-5-8-3-1-2-4-9(8)7-14-10/h1-4,6,10,14H,5,7H2,(H3,13,15,16)/t10-/m0/s1. The fraction of sp³-hybridized carbons (Fsp3) is 0.250. The maximum Gasteiger partial charge on any atom is 0.145 e. The Labute approximate surface area is 93.9 Å². The zero-order valence-electron chi connectivity index (χ0n) is 8.90. The second kappa shape index (κ2) is 3.64. The Hall–Kier alpha value is -1.81. The number of fused-ring (bicyclic) bond motifs is 1. The van der Waals surface area contributed by atoms with Gasteiger partial charge in [0.05, 0.1) is 11.7 Å². The van der Waals surface area contributed by atoms with Crippen LogP contribution in [0.15, 0.2) is 30.3 Å². The normalized spacial score (nSPS) is 19.4. The van der Waals surface area contributed by atoms with Crippen LogP contribution in [0.4, 0.5) is 5.82 Å². The third-order valence-electron chi connectivity index (χ3n) is 3.07. The van der Waals surface area contributed by atoms with Crippen LogP contribution in [0.5, 0.6) is 0 Å². The van der Waals surface area contributed by atoms with Crippen molar-refractivity contribution in [3.8, 4) is 0 Å². The average molecular weight is 214 g/mol. The van der Waals surface area contributed by atoms with Gasteiger partial charge in [-0.25, -0.2) is 0 Å². The lowest BCUT2D eigenvalue weighted by Gasteiger charge is -2.25. The van der Waals surface area contributed by atoms with Gasteiger partial charge in [0, 0.05) is 12.6 Å². The molecule has 2 heterocycles. The van der Waals surface area contributed by atoms with Gasteiger partial charge in [-0.15, -0.1) is 0 Å². The van der Waals surface area contributed by atoms with E-state index >= 15 is 0 Å². The maximum atomic E-state index is 5.61. The van der Waals surface area contributed by atoms with Gasteiger partial charge in [-0.3, -0.25) is 5.10 Å². The summed E-state index contributed by atoms with van der Waals surface area (Å²) in [5.74, 6) is 0.552. The number of hydrogen-bond donors (Lipinski definition) is 3. The van der Waals surface area contributed by atoms with E-state index in [0.29, 0.717) is 11.9 Å². The van der Waals surface area contributed by atoms with Gasteiger partial charge in [0.15, 0.2) is 0 Å². The minimum atomic E-state index is 0.291. The first-order chi connectivity index (χ1) is 7.83. The van der Waals surface area contributed by atoms with E-state index in [1.165, 1.54) is 11.1 Å². The van der Waals surface area contributed by atoms with Crippen molar-refractivity contribution in [2.45, 2.75) is 19.0 Å². The summed E-state index contributed by atoms with van der Waals surface area (Å²) in [6.45, 7) is 0.903. The second-order valence-corrected chi connectivity index (χ2v) is 4.15. The Morgan fingerprint density at radius 1 is 1.25 bits per heavy atom. The van der Waals surface area contributed by atoms with Crippen molar-refractivity contribution in [1.29, 1.82) is 0 Å². The van der Waals surface area contributed by atoms with Gasteiger partial charge in [0.2, 0.25) is 0 Å². The Kier molecular flexibility index (Phi) is 2.15. The van der Waals surface area contributed by atoms with E-state index in [9.17, 15) is 0 Å². The third kappa shape index (κ3) is 1.57. The van der Waals surface area contributed by atoms with Gasteiger partial charge in [-0.2, -0.15) is 5.10 Å². The summed E-state index contributed by atoms with van der Waals surface area (Å²) in [4.78, 5) is 0. The molecule has 0 unspecified atom stereocenters. The van der Waals surface area contributed by atoms with E-state index in [-0.39, 0.29) is 0 Å². The highest BCUT2D eigenvalue weighted by atomic mass is 15.2. The predicted molar refractivity (Wildman–Crippen MR) is 62.7 cm³/mol. The molecule has 4 nitrogen and oxygen atoms in total. The third-order valence-corrected chi connectivity index (χ3v) is 3.07. The number of benzene rings is 1. The molecule has 1 atom stereocenters. The van der Waals surface area contributed by atoms with Crippen LogP contribution < -0.4 is 11.1 Å². The van der Waals surface area contributed by atoms with Crippen LogP contribution in [0.3, 0.4) is 0 Å². The molecule has 4 N–H and O–H groups in total. The fourth-order valence-electron chi connectivity index (χ4n) is 2.21. The van der Waals surface area contributed by atoms with Crippen LogP contribution in [0.1, 0.15) is 22.9 Å². The monoisotopic (exact) mass is 214 g/mol. The zero-order valence-corrected chi connectivity index (χ0v) is 8.90. The molecule has 0 saturated carbocycles. The molecule has 16 heavy (non-hydrogen) atoms. The lowest BCUT2D eigenvalue weighted by Crippen LogP contribution is -2.28. The molecule has 4 heteroatoms. The van der Waals surface area contributed by atoms with Crippen LogP contribution in [0, 0.1) is 0 Å². The molecule has 0 radical (unpaired) electrons. The van der Waals surface area contributed by atoms with Crippen LogP contribution in [-0.2, 0) is 13.0 Å².